The summed E-state index contributed by atoms with van der Waals surface area (Å²) in [4.78, 5) is 4.31. The molecule has 0 fully saturated rings. The molecule has 1 heterocycles. The Bertz CT molecular complexity index is 405. The van der Waals surface area contributed by atoms with E-state index in [1.165, 1.54) is 0 Å². The number of methoxy groups -OCH3 is 1. The Morgan fingerprint density at radius 2 is 2.32 bits per heavy atom. The molecule has 0 aliphatic carbocycles. The largest absolute Gasteiger partial charge is 0.383 e. The highest BCUT2D eigenvalue weighted by molar-refractivity contribution is 14.0. The third-order valence-electron chi connectivity index (χ3n) is 2.56. The van der Waals surface area contributed by atoms with Crippen LogP contribution in [0.1, 0.15) is 25.1 Å². The molecule has 1 aromatic rings. The van der Waals surface area contributed by atoms with Gasteiger partial charge in [-0.25, -0.2) is 4.99 Å². The Morgan fingerprint density at radius 1 is 1.63 bits per heavy atom. The van der Waals surface area contributed by atoms with Gasteiger partial charge in [0.25, 0.3) is 0 Å². The number of nitrogens with two attached hydrogens (primary N) is 1. The summed E-state index contributed by atoms with van der Waals surface area (Å²) in [5, 5.41) is 7.43. The van der Waals surface area contributed by atoms with Crippen LogP contribution in [0.5, 0.6) is 0 Å². The van der Waals surface area contributed by atoms with E-state index in [0.717, 1.165) is 17.7 Å². The van der Waals surface area contributed by atoms with Crippen molar-refractivity contribution in [3.8, 4) is 0 Å². The Hall–Kier alpha value is -0.830. The molecule has 7 heteroatoms. The Labute approximate surface area is 131 Å². The first-order chi connectivity index (χ1) is 8.56. The molecular formula is C12H24IN5O. The van der Waals surface area contributed by atoms with Crippen LogP contribution in [-0.2, 0) is 24.8 Å². The van der Waals surface area contributed by atoms with Crippen LogP contribution in [0.15, 0.2) is 11.2 Å². The molecule has 0 amide bonds. The monoisotopic (exact) mass is 381 g/mol. The van der Waals surface area contributed by atoms with Crippen molar-refractivity contribution in [2.24, 2.45) is 17.8 Å². The van der Waals surface area contributed by atoms with Crippen LogP contribution in [-0.4, -0.2) is 35.5 Å². The number of rotatable bonds is 6. The van der Waals surface area contributed by atoms with Crippen molar-refractivity contribution in [3.63, 3.8) is 0 Å². The van der Waals surface area contributed by atoms with E-state index in [2.05, 4.69) is 22.3 Å². The molecule has 0 saturated carbocycles. The number of aliphatic imine (C=N–C) groups is 1. The minimum absolute atomic E-state index is 0. The van der Waals surface area contributed by atoms with Gasteiger partial charge in [-0.3, -0.25) is 4.68 Å². The van der Waals surface area contributed by atoms with E-state index in [1.54, 1.807) is 11.8 Å². The van der Waals surface area contributed by atoms with Gasteiger partial charge in [-0.15, -0.1) is 24.0 Å². The van der Waals surface area contributed by atoms with Crippen molar-refractivity contribution in [3.05, 3.63) is 17.5 Å². The molecule has 1 atom stereocenters. The second-order valence-electron chi connectivity index (χ2n) is 4.33. The number of hydrogen-bond acceptors (Lipinski definition) is 3. The van der Waals surface area contributed by atoms with E-state index < -0.39 is 0 Å². The average molecular weight is 381 g/mol. The highest BCUT2D eigenvalue weighted by atomic mass is 127. The standard InChI is InChI=1S/C12H23N5O.HI/c1-5-11-10(7-17(3)16-11)6-14-12(13)15-9(2)8-18-4;/h7,9H,5-6,8H2,1-4H3,(H3,13,14,15);1H. The van der Waals surface area contributed by atoms with Crippen molar-refractivity contribution in [1.29, 1.82) is 0 Å². The zero-order chi connectivity index (χ0) is 13.5. The van der Waals surface area contributed by atoms with Gasteiger partial charge in [0.15, 0.2) is 5.96 Å². The highest BCUT2D eigenvalue weighted by Crippen LogP contribution is 2.08. The molecule has 0 aliphatic heterocycles. The van der Waals surface area contributed by atoms with Gasteiger partial charge in [0.05, 0.1) is 18.8 Å². The molecule has 1 aromatic heterocycles. The second-order valence-corrected chi connectivity index (χ2v) is 4.33. The van der Waals surface area contributed by atoms with Gasteiger partial charge in [0.1, 0.15) is 0 Å². The first-order valence-corrected chi connectivity index (χ1v) is 6.13. The van der Waals surface area contributed by atoms with Gasteiger partial charge < -0.3 is 15.8 Å². The summed E-state index contributed by atoms with van der Waals surface area (Å²) < 4.78 is 6.83. The van der Waals surface area contributed by atoms with E-state index in [1.807, 2.05) is 20.2 Å². The maximum atomic E-state index is 5.81. The summed E-state index contributed by atoms with van der Waals surface area (Å²) in [6.07, 6.45) is 2.88. The molecule has 19 heavy (non-hydrogen) atoms. The fourth-order valence-electron chi connectivity index (χ4n) is 1.77. The molecule has 110 valence electrons. The van der Waals surface area contributed by atoms with Crippen molar-refractivity contribution < 1.29 is 4.74 Å². The van der Waals surface area contributed by atoms with Gasteiger partial charge in [-0.2, -0.15) is 5.10 Å². The smallest absolute Gasteiger partial charge is 0.189 e. The first kappa shape index (κ1) is 18.2. The third kappa shape index (κ3) is 6.24. The Kier molecular flexibility index (Phi) is 8.73. The summed E-state index contributed by atoms with van der Waals surface area (Å²) >= 11 is 0. The molecule has 0 radical (unpaired) electrons. The van der Waals surface area contributed by atoms with E-state index in [9.17, 15) is 0 Å². The normalized spacial score (nSPS) is 12.9. The molecule has 3 N–H and O–H groups in total. The van der Waals surface area contributed by atoms with Crippen LogP contribution < -0.4 is 11.1 Å². The number of aromatic nitrogens is 2. The molecular weight excluding hydrogens is 357 g/mol. The van der Waals surface area contributed by atoms with Crippen LogP contribution in [0.4, 0.5) is 0 Å². The maximum Gasteiger partial charge on any atom is 0.189 e. The van der Waals surface area contributed by atoms with E-state index >= 15 is 0 Å². The molecule has 1 unspecified atom stereocenters. The van der Waals surface area contributed by atoms with E-state index in [-0.39, 0.29) is 30.0 Å². The molecule has 0 aliphatic rings. The lowest BCUT2D eigenvalue weighted by atomic mass is 10.2. The molecule has 0 aromatic carbocycles. The van der Waals surface area contributed by atoms with Crippen LogP contribution in [0, 0.1) is 0 Å². The third-order valence-corrected chi connectivity index (χ3v) is 2.56. The molecule has 6 nitrogen and oxygen atoms in total. The quantitative estimate of drug-likeness (QED) is 0.439. The highest BCUT2D eigenvalue weighted by Gasteiger charge is 2.06. The van der Waals surface area contributed by atoms with E-state index in [4.69, 9.17) is 10.5 Å². The summed E-state index contributed by atoms with van der Waals surface area (Å²) in [6, 6.07) is 0.151. The summed E-state index contributed by atoms with van der Waals surface area (Å²) in [7, 11) is 3.57. The van der Waals surface area contributed by atoms with Gasteiger partial charge in [-0.1, -0.05) is 6.92 Å². The summed E-state index contributed by atoms with van der Waals surface area (Å²) in [6.45, 7) is 5.23. The van der Waals surface area contributed by atoms with Crippen molar-refractivity contribution in [1.82, 2.24) is 15.1 Å². The van der Waals surface area contributed by atoms with Gasteiger partial charge in [-0.05, 0) is 13.3 Å². The number of nitrogens with one attached hydrogen (secondary N) is 1. The van der Waals surface area contributed by atoms with Gasteiger partial charge >= 0.3 is 0 Å². The lowest BCUT2D eigenvalue weighted by Crippen LogP contribution is -2.40. The minimum Gasteiger partial charge on any atom is -0.383 e. The maximum absolute atomic E-state index is 5.81. The number of halogens is 1. The predicted octanol–water partition coefficient (Wildman–Crippen LogP) is 1.04. The topological polar surface area (TPSA) is 77.5 Å². The lowest BCUT2D eigenvalue weighted by molar-refractivity contribution is 0.179. The zero-order valence-electron chi connectivity index (χ0n) is 12.0. The van der Waals surface area contributed by atoms with Crippen molar-refractivity contribution in [2.45, 2.75) is 32.9 Å². The number of nitrogens with zero attached hydrogens (tertiary/aromatic N) is 3. The van der Waals surface area contributed by atoms with Gasteiger partial charge in [0, 0.05) is 32.0 Å². The van der Waals surface area contributed by atoms with Crippen LogP contribution in [0.3, 0.4) is 0 Å². The SMILES string of the molecule is CCc1nn(C)cc1CN=C(N)NC(C)COC.I. The van der Waals surface area contributed by atoms with E-state index in [0.29, 0.717) is 19.1 Å². The summed E-state index contributed by atoms with van der Waals surface area (Å²) in [5.74, 6) is 0.436. The fourth-order valence-corrected chi connectivity index (χ4v) is 1.77. The lowest BCUT2D eigenvalue weighted by Gasteiger charge is -2.12. The van der Waals surface area contributed by atoms with Crippen LogP contribution >= 0.6 is 24.0 Å². The van der Waals surface area contributed by atoms with Crippen molar-refractivity contribution >= 4 is 29.9 Å². The average Bonchev–Trinajstić information content (AvgIpc) is 2.67. The Morgan fingerprint density at radius 3 is 2.89 bits per heavy atom. The summed E-state index contributed by atoms with van der Waals surface area (Å²) in [5.41, 5.74) is 7.99. The molecule has 0 bridgehead atoms. The molecule has 0 spiro atoms. The first-order valence-electron chi connectivity index (χ1n) is 6.13. The fraction of sp³-hybridized carbons (Fsp3) is 0.667. The minimum atomic E-state index is 0. The number of aryl methyl sites for hydroxylation is 2. The number of ether oxygens (including phenoxy) is 1. The number of hydrogen-bond donors (Lipinski definition) is 2. The predicted molar refractivity (Wildman–Crippen MR) is 87.8 cm³/mol. The second kappa shape index (κ2) is 9.13. The van der Waals surface area contributed by atoms with Crippen LogP contribution in [0.2, 0.25) is 0 Å². The molecule has 1 rings (SSSR count). The van der Waals surface area contributed by atoms with Crippen molar-refractivity contribution in [2.75, 3.05) is 13.7 Å². The zero-order valence-corrected chi connectivity index (χ0v) is 14.3. The van der Waals surface area contributed by atoms with Gasteiger partial charge in [0.2, 0.25) is 0 Å². The van der Waals surface area contributed by atoms with Crippen LogP contribution in [0.25, 0.3) is 0 Å². The number of guanidine groups is 1. The molecule has 0 saturated heterocycles. The Balaban J connectivity index is 0.00000324.